The molecule has 1 fully saturated rings. The molecule has 1 aliphatic rings. The van der Waals surface area contributed by atoms with Gasteiger partial charge in [-0.15, -0.1) is 0 Å². The van der Waals surface area contributed by atoms with Crippen molar-refractivity contribution in [2.45, 2.75) is 32.8 Å². The summed E-state index contributed by atoms with van der Waals surface area (Å²) in [5, 5.41) is 0. The quantitative estimate of drug-likeness (QED) is 0.846. The molecule has 1 heterocycles. The van der Waals surface area contributed by atoms with Crippen LogP contribution in [0.25, 0.3) is 0 Å². The highest BCUT2D eigenvalue weighted by Crippen LogP contribution is 2.17. The van der Waals surface area contributed by atoms with Crippen molar-refractivity contribution in [2.24, 2.45) is 0 Å². The lowest BCUT2D eigenvalue weighted by Gasteiger charge is -2.24. The molecule has 0 aliphatic carbocycles. The summed E-state index contributed by atoms with van der Waals surface area (Å²) in [6.07, 6.45) is 2.32. The lowest BCUT2D eigenvalue weighted by molar-refractivity contribution is 0.0539. The molecule has 2 rings (SSSR count). The fourth-order valence-electron chi connectivity index (χ4n) is 2.51. The maximum Gasteiger partial charge on any atom is 0.254 e. The number of amides is 1. The normalized spacial score (nSPS) is 18.5. The molecule has 4 nitrogen and oxygen atoms in total. The van der Waals surface area contributed by atoms with Crippen LogP contribution in [0.3, 0.4) is 0 Å². The molecule has 1 unspecified atom stereocenters. The Bertz CT molecular complexity index is 433. The van der Waals surface area contributed by atoms with Crippen LogP contribution in [0, 0.1) is 6.92 Å². The third-order valence-corrected chi connectivity index (χ3v) is 3.46. The van der Waals surface area contributed by atoms with Crippen LogP contribution in [0.2, 0.25) is 0 Å². The van der Waals surface area contributed by atoms with Gasteiger partial charge in [0, 0.05) is 30.9 Å². The van der Waals surface area contributed by atoms with Crippen LogP contribution in [-0.2, 0) is 4.74 Å². The minimum atomic E-state index is 0.0356. The summed E-state index contributed by atoms with van der Waals surface area (Å²) in [5.74, 6) is 0.0356. The van der Waals surface area contributed by atoms with Gasteiger partial charge in [0.25, 0.3) is 5.91 Å². The Morgan fingerprint density at radius 2 is 2.26 bits per heavy atom. The van der Waals surface area contributed by atoms with Crippen LogP contribution in [0.15, 0.2) is 18.2 Å². The molecular formula is C15H22N2O2. The number of rotatable bonds is 4. The second kappa shape index (κ2) is 6.06. The Balaban J connectivity index is 2.10. The first-order valence-electron chi connectivity index (χ1n) is 6.88. The molecule has 1 aromatic rings. The number of hydrogen-bond donors (Lipinski definition) is 1. The molecule has 1 aromatic carbocycles. The van der Waals surface area contributed by atoms with Crippen LogP contribution in [0.1, 0.15) is 35.7 Å². The fourth-order valence-corrected chi connectivity index (χ4v) is 2.51. The first-order chi connectivity index (χ1) is 9.10. The molecule has 1 amide bonds. The van der Waals surface area contributed by atoms with Gasteiger partial charge in [0.1, 0.15) is 0 Å². The highest BCUT2D eigenvalue weighted by atomic mass is 16.5. The Morgan fingerprint density at radius 1 is 1.47 bits per heavy atom. The van der Waals surface area contributed by atoms with Gasteiger partial charge in [-0.2, -0.15) is 0 Å². The number of carbonyl (C=O) groups excluding carboxylic acids is 1. The number of carbonyl (C=O) groups is 1. The number of nitrogens with zero attached hydrogens (tertiary/aromatic N) is 1. The number of aryl methyl sites for hydroxylation is 1. The zero-order valence-corrected chi connectivity index (χ0v) is 11.7. The molecule has 19 heavy (non-hydrogen) atoms. The van der Waals surface area contributed by atoms with E-state index in [4.69, 9.17) is 10.5 Å². The van der Waals surface area contributed by atoms with Crippen molar-refractivity contribution in [3.63, 3.8) is 0 Å². The van der Waals surface area contributed by atoms with Crippen molar-refractivity contribution >= 4 is 11.6 Å². The second-order valence-corrected chi connectivity index (χ2v) is 5.11. The minimum absolute atomic E-state index is 0.0356. The van der Waals surface area contributed by atoms with E-state index in [-0.39, 0.29) is 12.0 Å². The van der Waals surface area contributed by atoms with Crippen molar-refractivity contribution in [2.75, 3.05) is 25.4 Å². The summed E-state index contributed by atoms with van der Waals surface area (Å²) in [6, 6.07) is 5.50. The van der Waals surface area contributed by atoms with Crippen LogP contribution in [0.4, 0.5) is 5.69 Å². The highest BCUT2D eigenvalue weighted by molar-refractivity contribution is 5.95. The van der Waals surface area contributed by atoms with Crippen molar-refractivity contribution in [3.05, 3.63) is 29.3 Å². The van der Waals surface area contributed by atoms with Gasteiger partial charge in [0.2, 0.25) is 0 Å². The molecule has 1 atom stereocenters. The van der Waals surface area contributed by atoms with Crippen LogP contribution >= 0.6 is 0 Å². The van der Waals surface area contributed by atoms with E-state index in [0.717, 1.165) is 25.0 Å². The monoisotopic (exact) mass is 262 g/mol. The van der Waals surface area contributed by atoms with E-state index >= 15 is 0 Å². The topological polar surface area (TPSA) is 55.6 Å². The SMILES string of the molecule is CCN(CC1CCCO1)C(=O)c1cc(C)cc(N)c1. The Kier molecular flexibility index (Phi) is 4.43. The molecule has 1 saturated heterocycles. The summed E-state index contributed by atoms with van der Waals surface area (Å²) in [6.45, 7) is 6.11. The Morgan fingerprint density at radius 3 is 2.84 bits per heavy atom. The van der Waals surface area contributed by atoms with E-state index < -0.39 is 0 Å². The van der Waals surface area contributed by atoms with Gasteiger partial charge in [0.15, 0.2) is 0 Å². The number of benzene rings is 1. The molecule has 4 heteroatoms. The van der Waals surface area contributed by atoms with Gasteiger partial charge < -0.3 is 15.4 Å². The summed E-state index contributed by atoms with van der Waals surface area (Å²) in [5.41, 5.74) is 8.12. The lowest BCUT2D eigenvalue weighted by atomic mass is 10.1. The van der Waals surface area contributed by atoms with E-state index in [1.807, 2.05) is 30.9 Å². The smallest absolute Gasteiger partial charge is 0.254 e. The molecule has 104 valence electrons. The number of nitrogens with two attached hydrogens (primary N) is 1. The lowest BCUT2D eigenvalue weighted by Crippen LogP contribution is -2.37. The summed E-state index contributed by atoms with van der Waals surface area (Å²) >= 11 is 0. The predicted octanol–water partition coefficient (Wildman–Crippen LogP) is 2.22. The van der Waals surface area contributed by atoms with E-state index in [1.54, 1.807) is 6.07 Å². The zero-order chi connectivity index (χ0) is 13.8. The predicted molar refractivity (Wildman–Crippen MR) is 76.1 cm³/mol. The van der Waals surface area contributed by atoms with Gasteiger partial charge >= 0.3 is 0 Å². The molecule has 0 aromatic heterocycles. The van der Waals surface area contributed by atoms with Gasteiger partial charge in [-0.25, -0.2) is 0 Å². The number of ether oxygens (including phenoxy) is 1. The Hall–Kier alpha value is -1.55. The van der Waals surface area contributed by atoms with E-state index in [1.165, 1.54) is 0 Å². The van der Waals surface area contributed by atoms with Crippen molar-refractivity contribution in [1.82, 2.24) is 4.90 Å². The number of likely N-dealkylation sites (N-methyl/N-ethyl adjacent to an activating group) is 1. The second-order valence-electron chi connectivity index (χ2n) is 5.11. The largest absolute Gasteiger partial charge is 0.399 e. The minimum Gasteiger partial charge on any atom is -0.399 e. The van der Waals surface area contributed by atoms with Gasteiger partial charge in [-0.3, -0.25) is 4.79 Å². The molecule has 0 spiro atoms. The third kappa shape index (κ3) is 3.47. The standard InChI is InChI=1S/C15H22N2O2/c1-3-17(10-14-5-4-6-19-14)15(18)12-7-11(2)8-13(16)9-12/h7-9,14H,3-6,10,16H2,1-2H3. The molecule has 2 N–H and O–H groups in total. The van der Waals surface area contributed by atoms with E-state index in [0.29, 0.717) is 24.3 Å². The third-order valence-electron chi connectivity index (χ3n) is 3.46. The average molecular weight is 262 g/mol. The fraction of sp³-hybridized carbons (Fsp3) is 0.533. The highest BCUT2D eigenvalue weighted by Gasteiger charge is 2.22. The molecule has 0 bridgehead atoms. The summed E-state index contributed by atoms with van der Waals surface area (Å²) < 4.78 is 5.60. The van der Waals surface area contributed by atoms with E-state index in [9.17, 15) is 4.79 Å². The number of hydrogen-bond acceptors (Lipinski definition) is 3. The van der Waals surface area contributed by atoms with Crippen LogP contribution in [0.5, 0.6) is 0 Å². The Labute approximate surface area is 114 Å². The maximum absolute atomic E-state index is 12.5. The first-order valence-corrected chi connectivity index (χ1v) is 6.88. The maximum atomic E-state index is 12.5. The summed E-state index contributed by atoms with van der Waals surface area (Å²) in [4.78, 5) is 14.3. The van der Waals surface area contributed by atoms with Gasteiger partial charge in [-0.05, 0) is 50.5 Å². The molecule has 1 aliphatic heterocycles. The molecular weight excluding hydrogens is 240 g/mol. The van der Waals surface area contributed by atoms with Crippen molar-refractivity contribution < 1.29 is 9.53 Å². The van der Waals surface area contributed by atoms with Gasteiger partial charge in [0.05, 0.1) is 6.10 Å². The average Bonchev–Trinajstić information content (AvgIpc) is 2.86. The van der Waals surface area contributed by atoms with Crippen LogP contribution in [-0.4, -0.2) is 36.6 Å². The van der Waals surface area contributed by atoms with Crippen molar-refractivity contribution in [3.8, 4) is 0 Å². The van der Waals surface area contributed by atoms with Crippen molar-refractivity contribution in [1.29, 1.82) is 0 Å². The van der Waals surface area contributed by atoms with Crippen LogP contribution < -0.4 is 5.73 Å². The molecule has 0 saturated carbocycles. The van der Waals surface area contributed by atoms with E-state index in [2.05, 4.69) is 0 Å². The van der Waals surface area contributed by atoms with Gasteiger partial charge in [-0.1, -0.05) is 0 Å². The summed E-state index contributed by atoms with van der Waals surface area (Å²) in [7, 11) is 0. The number of nitrogen functional groups attached to an aromatic ring is 1. The molecule has 0 radical (unpaired) electrons. The zero-order valence-electron chi connectivity index (χ0n) is 11.7. The first kappa shape index (κ1) is 13.9. The number of anilines is 1.